The second-order valence-electron chi connectivity index (χ2n) is 5.06. The van der Waals surface area contributed by atoms with Crippen molar-refractivity contribution >= 4 is 5.97 Å². The number of nitrogens with two attached hydrogens (primary N) is 1. The molecule has 0 saturated carbocycles. The molecule has 0 unspecified atom stereocenters. The Labute approximate surface area is 105 Å². The van der Waals surface area contributed by atoms with E-state index in [0.717, 1.165) is 12.1 Å². The molecule has 1 aromatic carbocycles. The van der Waals surface area contributed by atoms with Gasteiger partial charge < -0.3 is 10.5 Å². The molecular formula is C13H17F2NO2. The van der Waals surface area contributed by atoms with Crippen LogP contribution in [0.25, 0.3) is 0 Å². The van der Waals surface area contributed by atoms with Gasteiger partial charge >= 0.3 is 5.97 Å². The lowest BCUT2D eigenvalue weighted by molar-refractivity contribution is -0.155. The maximum atomic E-state index is 13.4. The molecule has 0 fully saturated rings. The summed E-state index contributed by atoms with van der Waals surface area (Å²) in [6, 6.07) is 2.23. The van der Waals surface area contributed by atoms with E-state index in [9.17, 15) is 13.6 Å². The van der Waals surface area contributed by atoms with Crippen molar-refractivity contribution in [3.8, 4) is 0 Å². The van der Waals surface area contributed by atoms with Crippen molar-refractivity contribution < 1.29 is 18.3 Å². The molecule has 0 amide bonds. The van der Waals surface area contributed by atoms with Crippen molar-refractivity contribution in [2.45, 2.75) is 38.8 Å². The van der Waals surface area contributed by atoms with Gasteiger partial charge in [0.2, 0.25) is 0 Å². The SMILES string of the molecule is CC(C)(C)OC(=O)C[C@H](N)c1ccc(F)cc1F. The number of halogens is 2. The third kappa shape index (κ3) is 4.41. The minimum Gasteiger partial charge on any atom is -0.460 e. The highest BCUT2D eigenvalue weighted by Gasteiger charge is 2.21. The Morgan fingerprint density at radius 3 is 2.50 bits per heavy atom. The van der Waals surface area contributed by atoms with Crippen LogP contribution in [0.5, 0.6) is 0 Å². The molecule has 1 rings (SSSR count). The van der Waals surface area contributed by atoms with Crippen LogP contribution in [-0.4, -0.2) is 11.6 Å². The first-order valence-electron chi connectivity index (χ1n) is 5.61. The molecule has 0 saturated heterocycles. The second kappa shape index (κ2) is 5.44. The second-order valence-corrected chi connectivity index (χ2v) is 5.06. The van der Waals surface area contributed by atoms with Crippen LogP contribution in [-0.2, 0) is 9.53 Å². The van der Waals surface area contributed by atoms with Crippen molar-refractivity contribution in [3.05, 3.63) is 35.4 Å². The number of esters is 1. The maximum Gasteiger partial charge on any atom is 0.308 e. The summed E-state index contributed by atoms with van der Waals surface area (Å²) in [7, 11) is 0. The summed E-state index contributed by atoms with van der Waals surface area (Å²) in [5.74, 6) is -1.95. The summed E-state index contributed by atoms with van der Waals surface area (Å²) in [6.45, 7) is 5.19. The number of benzene rings is 1. The summed E-state index contributed by atoms with van der Waals surface area (Å²) in [5.41, 5.74) is 5.19. The van der Waals surface area contributed by atoms with Crippen LogP contribution in [0.2, 0.25) is 0 Å². The topological polar surface area (TPSA) is 52.3 Å². The first kappa shape index (κ1) is 14.6. The molecule has 0 bridgehead atoms. The highest BCUT2D eigenvalue weighted by molar-refractivity contribution is 5.70. The van der Waals surface area contributed by atoms with Crippen molar-refractivity contribution in [2.75, 3.05) is 0 Å². The zero-order valence-corrected chi connectivity index (χ0v) is 10.7. The van der Waals surface area contributed by atoms with Crippen molar-refractivity contribution in [2.24, 2.45) is 5.73 Å². The Kier molecular flexibility index (Phi) is 4.40. The lowest BCUT2D eigenvalue weighted by atomic mass is 10.0. The lowest BCUT2D eigenvalue weighted by Crippen LogP contribution is -2.26. The number of carbonyl (C=O) groups is 1. The molecule has 0 aliphatic heterocycles. The molecule has 0 heterocycles. The summed E-state index contributed by atoms with van der Waals surface area (Å²) >= 11 is 0. The largest absolute Gasteiger partial charge is 0.460 e. The number of hydrogen-bond donors (Lipinski definition) is 1. The molecule has 2 N–H and O–H groups in total. The van der Waals surface area contributed by atoms with Gasteiger partial charge in [0.05, 0.1) is 6.42 Å². The third-order valence-electron chi connectivity index (χ3n) is 2.17. The normalized spacial score (nSPS) is 13.2. The van der Waals surface area contributed by atoms with Gasteiger partial charge in [-0.3, -0.25) is 4.79 Å². The molecular weight excluding hydrogens is 240 g/mol. The number of hydrogen-bond acceptors (Lipinski definition) is 3. The molecule has 1 atom stereocenters. The highest BCUT2D eigenvalue weighted by atomic mass is 19.1. The van der Waals surface area contributed by atoms with Crippen molar-refractivity contribution in [1.29, 1.82) is 0 Å². The zero-order chi connectivity index (χ0) is 13.9. The van der Waals surface area contributed by atoms with Crippen LogP contribution >= 0.6 is 0 Å². The van der Waals surface area contributed by atoms with E-state index in [0.29, 0.717) is 0 Å². The lowest BCUT2D eigenvalue weighted by Gasteiger charge is -2.21. The minimum atomic E-state index is -0.847. The molecule has 3 nitrogen and oxygen atoms in total. The van der Waals surface area contributed by atoms with Crippen LogP contribution in [0.4, 0.5) is 8.78 Å². The Hall–Kier alpha value is -1.49. The average Bonchev–Trinajstić information content (AvgIpc) is 2.13. The standard InChI is InChI=1S/C13H17F2NO2/c1-13(2,3)18-12(17)7-11(16)9-5-4-8(14)6-10(9)15/h4-6,11H,7,16H2,1-3H3/t11-/m0/s1. The monoisotopic (exact) mass is 257 g/mol. The van der Waals surface area contributed by atoms with E-state index < -0.39 is 29.2 Å². The van der Waals surface area contributed by atoms with Crippen LogP contribution in [0, 0.1) is 11.6 Å². The Bertz CT molecular complexity index is 441. The van der Waals surface area contributed by atoms with E-state index in [2.05, 4.69) is 0 Å². The Morgan fingerprint density at radius 1 is 1.39 bits per heavy atom. The quantitative estimate of drug-likeness (QED) is 0.847. The van der Waals surface area contributed by atoms with Crippen LogP contribution in [0.1, 0.15) is 38.8 Å². The average molecular weight is 257 g/mol. The summed E-state index contributed by atoms with van der Waals surface area (Å²) < 4.78 is 31.2. The van der Waals surface area contributed by atoms with Gasteiger partial charge in [-0.1, -0.05) is 6.07 Å². The molecule has 0 spiro atoms. The molecule has 18 heavy (non-hydrogen) atoms. The van der Waals surface area contributed by atoms with Gasteiger partial charge in [-0.2, -0.15) is 0 Å². The predicted molar refractivity (Wildman–Crippen MR) is 63.7 cm³/mol. The van der Waals surface area contributed by atoms with Gasteiger partial charge in [0.1, 0.15) is 17.2 Å². The van der Waals surface area contributed by atoms with E-state index in [4.69, 9.17) is 10.5 Å². The van der Waals surface area contributed by atoms with Crippen LogP contribution < -0.4 is 5.73 Å². The van der Waals surface area contributed by atoms with Gasteiger partial charge in [0.15, 0.2) is 0 Å². The Balaban J connectivity index is 2.71. The van der Waals surface area contributed by atoms with Gasteiger partial charge in [0.25, 0.3) is 0 Å². The number of rotatable bonds is 3. The van der Waals surface area contributed by atoms with Crippen molar-refractivity contribution in [3.63, 3.8) is 0 Å². The first-order chi connectivity index (χ1) is 8.19. The smallest absolute Gasteiger partial charge is 0.308 e. The van der Waals surface area contributed by atoms with E-state index in [1.165, 1.54) is 6.07 Å². The highest BCUT2D eigenvalue weighted by Crippen LogP contribution is 2.20. The zero-order valence-electron chi connectivity index (χ0n) is 10.7. The third-order valence-corrected chi connectivity index (χ3v) is 2.17. The van der Waals surface area contributed by atoms with E-state index >= 15 is 0 Å². The Morgan fingerprint density at radius 2 is 2.00 bits per heavy atom. The fraction of sp³-hybridized carbons (Fsp3) is 0.462. The summed E-state index contributed by atoms with van der Waals surface area (Å²) in [6.07, 6.45) is -0.153. The van der Waals surface area contributed by atoms with Crippen LogP contribution in [0.15, 0.2) is 18.2 Å². The fourth-order valence-electron chi connectivity index (χ4n) is 1.47. The molecule has 0 aliphatic carbocycles. The van der Waals surface area contributed by atoms with E-state index in [1.807, 2.05) is 0 Å². The van der Waals surface area contributed by atoms with Gasteiger partial charge in [0, 0.05) is 17.7 Å². The van der Waals surface area contributed by atoms with Gasteiger partial charge in [-0.15, -0.1) is 0 Å². The predicted octanol–water partition coefficient (Wildman–Crippen LogP) is 2.70. The first-order valence-corrected chi connectivity index (χ1v) is 5.61. The van der Waals surface area contributed by atoms with Crippen molar-refractivity contribution in [1.82, 2.24) is 0 Å². The van der Waals surface area contributed by atoms with Gasteiger partial charge in [-0.05, 0) is 26.8 Å². The van der Waals surface area contributed by atoms with E-state index in [-0.39, 0.29) is 12.0 Å². The molecule has 0 aromatic heterocycles. The fourth-order valence-corrected chi connectivity index (χ4v) is 1.47. The molecule has 1 aromatic rings. The van der Waals surface area contributed by atoms with E-state index in [1.54, 1.807) is 20.8 Å². The molecule has 0 aliphatic rings. The molecule has 5 heteroatoms. The minimum absolute atomic E-state index is 0.0993. The maximum absolute atomic E-state index is 13.4. The van der Waals surface area contributed by atoms with Gasteiger partial charge in [-0.25, -0.2) is 8.78 Å². The number of ether oxygens (including phenoxy) is 1. The summed E-state index contributed by atoms with van der Waals surface area (Å²) in [4.78, 5) is 11.5. The molecule has 100 valence electrons. The molecule has 0 radical (unpaired) electrons. The van der Waals surface area contributed by atoms with Crippen LogP contribution in [0.3, 0.4) is 0 Å². The summed E-state index contributed by atoms with van der Waals surface area (Å²) in [5, 5.41) is 0. The number of carbonyl (C=O) groups excluding carboxylic acids is 1.